The second kappa shape index (κ2) is 7.74. The lowest BCUT2D eigenvalue weighted by Gasteiger charge is -2.24. The molecular weight excluding hydrogens is 278 g/mol. The van der Waals surface area contributed by atoms with Crippen LogP contribution < -0.4 is 10.6 Å². The molecule has 0 amide bonds. The molecule has 0 aliphatic carbocycles. The summed E-state index contributed by atoms with van der Waals surface area (Å²) in [5.74, 6) is 2.20. The molecule has 1 aromatic carbocycles. The molecule has 1 saturated heterocycles. The molecule has 0 aromatic heterocycles. The molecule has 0 bridgehead atoms. The van der Waals surface area contributed by atoms with Gasteiger partial charge in [-0.25, -0.2) is 0 Å². The van der Waals surface area contributed by atoms with Crippen LogP contribution in [0.5, 0.6) is 0 Å². The number of nitrogens with one attached hydrogen (secondary N) is 2. The fourth-order valence-corrected chi connectivity index (χ4v) is 3.92. The summed E-state index contributed by atoms with van der Waals surface area (Å²) in [6.45, 7) is 6.41. The van der Waals surface area contributed by atoms with Crippen molar-refractivity contribution >= 4 is 17.7 Å². The van der Waals surface area contributed by atoms with E-state index in [-0.39, 0.29) is 0 Å². The number of hydrogen-bond acceptors (Lipinski definition) is 2. The minimum absolute atomic E-state index is 0.369. The average Bonchev–Trinajstić information content (AvgIpc) is 2.91. The van der Waals surface area contributed by atoms with Crippen LogP contribution in [-0.2, 0) is 6.42 Å². The molecule has 2 N–H and O–H groups in total. The van der Waals surface area contributed by atoms with Crippen LogP contribution in [0.1, 0.15) is 30.9 Å². The molecule has 1 aromatic rings. The Hall–Kier alpha value is -1.16. The van der Waals surface area contributed by atoms with Gasteiger partial charge in [0, 0.05) is 24.9 Å². The first-order valence-electron chi connectivity index (χ1n) is 7.76. The summed E-state index contributed by atoms with van der Waals surface area (Å²) >= 11 is 2.07. The van der Waals surface area contributed by atoms with Crippen LogP contribution in [-0.4, -0.2) is 36.6 Å². The van der Waals surface area contributed by atoms with Gasteiger partial charge in [0.2, 0.25) is 0 Å². The molecule has 0 spiro atoms. The van der Waals surface area contributed by atoms with Gasteiger partial charge in [-0.3, -0.25) is 4.99 Å². The van der Waals surface area contributed by atoms with Crippen LogP contribution in [0.25, 0.3) is 0 Å². The van der Waals surface area contributed by atoms with Crippen molar-refractivity contribution in [3.63, 3.8) is 0 Å². The molecule has 3 nitrogen and oxygen atoms in total. The van der Waals surface area contributed by atoms with Crippen molar-refractivity contribution in [3.05, 3.63) is 35.4 Å². The van der Waals surface area contributed by atoms with Gasteiger partial charge in [0.1, 0.15) is 0 Å². The molecule has 1 fully saturated rings. The summed E-state index contributed by atoms with van der Waals surface area (Å²) in [5.41, 5.74) is 2.76. The van der Waals surface area contributed by atoms with Crippen LogP contribution in [0.15, 0.2) is 29.3 Å². The second-order valence-electron chi connectivity index (χ2n) is 5.93. The molecule has 1 heterocycles. The Morgan fingerprint density at radius 2 is 2.14 bits per heavy atom. The summed E-state index contributed by atoms with van der Waals surface area (Å²) in [6, 6.07) is 8.56. The van der Waals surface area contributed by atoms with Gasteiger partial charge in [-0.1, -0.05) is 24.3 Å². The van der Waals surface area contributed by atoms with Gasteiger partial charge >= 0.3 is 0 Å². The quantitative estimate of drug-likeness (QED) is 0.648. The maximum Gasteiger partial charge on any atom is 0.191 e. The zero-order valence-electron chi connectivity index (χ0n) is 13.4. The highest BCUT2D eigenvalue weighted by Gasteiger charge is 2.29. The standard InChI is InChI=1S/C17H27N3S/c1-14-7-4-5-8-15(14)9-11-19-16(18-3)20-13-17(2)10-6-12-21-17/h4-5,7-8H,6,9-13H2,1-3H3,(H2,18,19,20). The fourth-order valence-electron chi connectivity index (χ4n) is 2.67. The minimum atomic E-state index is 0.369. The number of rotatable bonds is 5. The van der Waals surface area contributed by atoms with E-state index in [1.54, 1.807) is 0 Å². The van der Waals surface area contributed by atoms with E-state index in [1.165, 1.54) is 29.7 Å². The molecule has 1 aliphatic heterocycles. The third-order valence-electron chi connectivity index (χ3n) is 4.10. The smallest absolute Gasteiger partial charge is 0.191 e. The number of hydrogen-bond donors (Lipinski definition) is 2. The number of aryl methyl sites for hydroxylation is 1. The van der Waals surface area contributed by atoms with Crippen LogP contribution in [0.4, 0.5) is 0 Å². The van der Waals surface area contributed by atoms with Crippen molar-refractivity contribution < 1.29 is 0 Å². The Balaban J connectivity index is 1.74. The van der Waals surface area contributed by atoms with E-state index >= 15 is 0 Å². The van der Waals surface area contributed by atoms with E-state index < -0.39 is 0 Å². The predicted octanol–water partition coefficient (Wildman–Crippen LogP) is 2.99. The lowest BCUT2D eigenvalue weighted by atomic mass is 10.1. The third kappa shape index (κ3) is 4.95. The molecule has 0 radical (unpaired) electrons. The van der Waals surface area contributed by atoms with Gasteiger partial charge in [-0.15, -0.1) is 0 Å². The topological polar surface area (TPSA) is 36.4 Å². The number of nitrogens with zero attached hydrogens (tertiary/aromatic N) is 1. The summed E-state index contributed by atoms with van der Waals surface area (Å²) in [5, 5.41) is 6.89. The maximum atomic E-state index is 4.32. The largest absolute Gasteiger partial charge is 0.356 e. The summed E-state index contributed by atoms with van der Waals surface area (Å²) in [4.78, 5) is 4.32. The van der Waals surface area contributed by atoms with Crippen molar-refractivity contribution in [2.24, 2.45) is 4.99 Å². The van der Waals surface area contributed by atoms with Crippen LogP contribution >= 0.6 is 11.8 Å². The lowest BCUT2D eigenvalue weighted by molar-refractivity contribution is 0.584. The number of benzene rings is 1. The Labute approximate surface area is 133 Å². The van der Waals surface area contributed by atoms with Crippen molar-refractivity contribution in [2.75, 3.05) is 25.9 Å². The lowest BCUT2D eigenvalue weighted by Crippen LogP contribution is -2.44. The van der Waals surface area contributed by atoms with Crippen LogP contribution in [0, 0.1) is 6.92 Å². The maximum absolute atomic E-state index is 4.32. The first kappa shape index (κ1) is 16.2. The number of thioether (sulfide) groups is 1. The van der Waals surface area contributed by atoms with Gasteiger partial charge in [0.05, 0.1) is 0 Å². The van der Waals surface area contributed by atoms with Gasteiger partial charge < -0.3 is 10.6 Å². The highest BCUT2D eigenvalue weighted by Crippen LogP contribution is 2.36. The second-order valence-corrected chi connectivity index (χ2v) is 7.61. The van der Waals surface area contributed by atoms with Crippen molar-refractivity contribution in [2.45, 2.75) is 37.9 Å². The molecule has 1 unspecified atom stereocenters. The molecule has 21 heavy (non-hydrogen) atoms. The van der Waals surface area contributed by atoms with E-state index in [2.05, 4.69) is 65.5 Å². The van der Waals surface area contributed by atoms with Gasteiger partial charge in [-0.2, -0.15) is 11.8 Å². The summed E-state index contributed by atoms with van der Waals surface area (Å²) < 4.78 is 0.369. The van der Waals surface area contributed by atoms with Crippen molar-refractivity contribution in [1.29, 1.82) is 0 Å². The van der Waals surface area contributed by atoms with Crippen LogP contribution in [0.3, 0.4) is 0 Å². The number of aliphatic imine (C=N–C) groups is 1. The molecule has 1 atom stereocenters. The zero-order valence-corrected chi connectivity index (χ0v) is 14.2. The molecule has 4 heteroatoms. The molecular formula is C17H27N3S. The van der Waals surface area contributed by atoms with E-state index in [0.29, 0.717) is 4.75 Å². The number of guanidine groups is 1. The van der Waals surface area contributed by atoms with E-state index in [0.717, 1.165) is 25.5 Å². The third-order valence-corrected chi connectivity index (χ3v) is 5.64. The molecule has 116 valence electrons. The SMILES string of the molecule is CN=C(NCCc1ccccc1C)NCC1(C)CCCS1. The molecule has 2 rings (SSSR count). The average molecular weight is 305 g/mol. The zero-order chi connectivity index (χ0) is 15.1. The fraction of sp³-hybridized carbons (Fsp3) is 0.588. The van der Waals surface area contributed by atoms with Crippen molar-refractivity contribution in [1.82, 2.24) is 10.6 Å². The van der Waals surface area contributed by atoms with E-state index in [9.17, 15) is 0 Å². The highest BCUT2D eigenvalue weighted by atomic mass is 32.2. The monoisotopic (exact) mass is 305 g/mol. The minimum Gasteiger partial charge on any atom is -0.356 e. The Morgan fingerprint density at radius 3 is 2.81 bits per heavy atom. The Bertz CT molecular complexity index is 479. The predicted molar refractivity (Wildman–Crippen MR) is 94.3 cm³/mol. The van der Waals surface area contributed by atoms with E-state index in [4.69, 9.17) is 0 Å². The van der Waals surface area contributed by atoms with Gasteiger partial charge in [-0.05, 0) is 50.0 Å². The summed E-state index contributed by atoms with van der Waals surface area (Å²) in [7, 11) is 1.84. The summed E-state index contributed by atoms with van der Waals surface area (Å²) in [6.07, 6.45) is 3.66. The van der Waals surface area contributed by atoms with Crippen molar-refractivity contribution in [3.8, 4) is 0 Å². The molecule has 0 saturated carbocycles. The Kier molecular flexibility index (Phi) is 5.97. The first-order chi connectivity index (χ1) is 10.1. The van der Waals surface area contributed by atoms with E-state index in [1.807, 2.05) is 7.05 Å². The molecule has 1 aliphatic rings. The van der Waals surface area contributed by atoms with Gasteiger partial charge in [0.25, 0.3) is 0 Å². The van der Waals surface area contributed by atoms with Gasteiger partial charge in [0.15, 0.2) is 5.96 Å². The normalized spacial score (nSPS) is 22.3. The highest BCUT2D eigenvalue weighted by molar-refractivity contribution is 8.00. The van der Waals surface area contributed by atoms with Crippen LogP contribution in [0.2, 0.25) is 0 Å². The first-order valence-corrected chi connectivity index (χ1v) is 8.74. The Morgan fingerprint density at radius 1 is 1.33 bits per heavy atom.